The van der Waals surface area contributed by atoms with Crippen molar-refractivity contribution < 1.29 is 22.7 Å². The standard InChI is InChI=1S/C17H17ClN2O5S/c1-11(16(21)19-15-10-6-4-8-13(15)18)25-17(22)12-7-3-5-9-14(12)20-26(2,23)24/h3-11,20H,1-2H3,(H,19,21)/t11-/m1/s1. The molecule has 2 N–H and O–H groups in total. The molecule has 26 heavy (non-hydrogen) atoms. The number of sulfonamides is 1. The van der Waals surface area contributed by atoms with Crippen LogP contribution in [0.4, 0.5) is 11.4 Å². The van der Waals surface area contributed by atoms with E-state index in [1.807, 2.05) is 0 Å². The summed E-state index contributed by atoms with van der Waals surface area (Å²) in [5.74, 6) is -1.40. The summed E-state index contributed by atoms with van der Waals surface area (Å²) in [6.45, 7) is 1.40. The first-order valence-corrected chi connectivity index (χ1v) is 9.77. The highest BCUT2D eigenvalue weighted by atomic mass is 35.5. The van der Waals surface area contributed by atoms with Crippen LogP contribution < -0.4 is 10.0 Å². The molecule has 0 aromatic heterocycles. The molecule has 1 atom stereocenters. The predicted octanol–water partition coefficient (Wildman–Crippen LogP) is 2.90. The van der Waals surface area contributed by atoms with Gasteiger partial charge in [0.05, 0.1) is 28.2 Å². The zero-order valence-corrected chi connectivity index (χ0v) is 15.6. The lowest BCUT2D eigenvalue weighted by molar-refractivity contribution is -0.123. The van der Waals surface area contributed by atoms with E-state index in [2.05, 4.69) is 10.0 Å². The number of para-hydroxylation sites is 2. The molecule has 2 aromatic carbocycles. The van der Waals surface area contributed by atoms with E-state index in [1.54, 1.807) is 36.4 Å². The van der Waals surface area contributed by atoms with E-state index in [4.69, 9.17) is 16.3 Å². The molecule has 2 rings (SSSR count). The molecule has 0 unspecified atom stereocenters. The monoisotopic (exact) mass is 396 g/mol. The molecular formula is C17H17ClN2O5S. The molecule has 7 nitrogen and oxygen atoms in total. The summed E-state index contributed by atoms with van der Waals surface area (Å²) >= 11 is 5.97. The van der Waals surface area contributed by atoms with Gasteiger partial charge in [0.2, 0.25) is 10.0 Å². The highest BCUT2D eigenvalue weighted by Gasteiger charge is 2.22. The third-order valence-corrected chi connectivity index (χ3v) is 4.15. The third kappa shape index (κ3) is 5.47. The average Bonchev–Trinajstić information content (AvgIpc) is 2.55. The molecule has 0 saturated heterocycles. The number of carbonyl (C=O) groups excluding carboxylic acids is 2. The van der Waals surface area contributed by atoms with Crippen molar-refractivity contribution in [3.8, 4) is 0 Å². The Labute approximate surface area is 156 Å². The molecule has 0 aliphatic rings. The van der Waals surface area contributed by atoms with E-state index in [-0.39, 0.29) is 11.3 Å². The number of anilines is 2. The van der Waals surface area contributed by atoms with Crippen molar-refractivity contribution in [1.29, 1.82) is 0 Å². The van der Waals surface area contributed by atoms with Crippen LogP contribution in [0.3, 0.4) is 0 Å². The van der Waals surface area contributed by atoms with Gasteiger partial charge in [0.1, 0.15) is 0 Å². The number of esters is 1. The van der Waals surface area contributed by atoms with Crippen LogP contribution in [0.5, 0.6) is 0 Å². The minimum atomic E-state index is -3.58. The van der Waals surface area contributed by atoms with Crippen LogP contribution in [0.2, 0.25) is 5.02 Å². The van der Waals surface area contributed by atoms with Crippen molar-refractivity contribution in [1.82, 2.24) is 0 Å². The Morgan fingerprint density at radius 3 is 2.23 bits per heavy atom. The second kappa shape index (κ2) is 8.20. The van der Waals surface area contributed by atoms with Crippen LogP contribution in [0.1, 0.15) is 17.3 Å². The summed E-state index contributed by atoms with van der Waals surface area (Å²) < 4.78 is 30.2. The molecule has 138 valence electrons. The van der Waals surface area contributed by atoms with Gasteiger partial charge in [0, 0.05) is 0 Å². The Morgan fingerprint density at radius 2 is 1.62 bits per heavy atom. The van der Waals surface area contributed by atoms with Gasteiger partial charge < -0.3 is 10.1 Å². The van der Waals surface area contributed by atoms with Gasteiger partial charge in [-0.25, -0.2) is 13.2 Å². The molecule has 9 heteroatoms. The van der Waals surface area contributed by atoms with Gasteiger partial charge in [0.25, 0.3) is 5.91 Å². The van der Waals surface area contributed by atoms with Gasteiger partial charge in [-0.3, -0.25) is 9.52 Å². The fourth-order valence-corrected chi connectivity index (χ4v) is 2.78. The van der Waals surface area contributed by atoms with Crippen molar-refractivity contribution in [3.63, 3.8) is 0 Å². The Balaban J connectivity index is 2.10. The van der Waals surface area contributed by atoms with Gasteiger partial charge in [-0.2, -0.15) is 0 Å². The number of halogens is 1. The van der Waals surface area contributed by atoms with Gasteiger partial charge in [-0.1, -0.05) is 35.9 Å². The molecule has 0 saturated carbocycles. The summed E-state index contributed by atoms with van der Waals surface area (Å²) in [7, 11) is -3.58. The van der Waals surface area contributed by atoms with E-state index >= 15 is 0 Å². The van der Waals surface area contributed by atoms with Crippen molar-refractivity contribution in [3.05, 3.63) is 59.1 Å². The first-order valence-electron chi connectivity index (χ1n) is 7.50. The lowest BCUT2D eigenvalue weighted by Gasteiger charge is -2.15. The number of hydrogen-bond acceptors (Lipinski definition) is 5. The highest BCUT2D eigenvalue weighted by molar-refractivity contribution is 7.92. The highest BCUT2D eigenvalue weighted by Crippen LogP contribution is 2.21. The van der Waals surface area contributed by atoms with E-state index in [9.17, 15) is 18.0 Å². The van der Waals surface area contributed by atoms with Crippen LogP contribution in [-0.4, -0.2) is 32.7 Å². The molecule has 0 fully saturated rings. The van der Waals surface area contributed by atoms with Gasteiger partial charge in [-0.05, 0) is 31.2 Å². The van der Waals surface area contributed by atoms with Crippen LogP contribution in [0.25, 0.3) is 0 Å². The summed E-state index contributed by atoms with van der Waals surface area (Å²) in [5.41, 5.74) is 0.454. The van der Waals surface area contributed by atoms with Gasteiger partial charge in [-0.15, -0.1) is 0 Å². The molecule has 0 radical (unpaired) electrons. The topological polar surface area (TPSA) is 102 Å². The molecule has 0 bridgehead atoms. The SMILES string of the molecule is C[C@@H](OC(=O)c1ccccc1NS(C)(=O)=O)C(=O)Nc1ccccc1Cl. The van der Waals surface area contributed by atoms with Crippen LogP contribution in [-0.2, 0) is 19.6 Å². The first kappa shape index (κ1) is 19.7. The lowest BCUT2D eigenvalue weighted by atomic mass is 10.2. The Morgan fingerprint density at radius 1 is 1.04 bits per heavy atom. The summed E-state index contributed by atoms with van der Waals surface area (Å²) in [5, 5.41) is 2.91. The molecule has 0 aliphatic heterocycles. The number of benzene rings is 2. The fraction of sp³-hybridized carbons (Fsp3) is 0.176. The molecular weight excluding hydrogens is 380 g/mol. The van der Waals surface area contributed by atoms with Crippen LogP contribution in [0, 0.1) is 0 Å². The smallest absolute Gasteiger partial charge is 0.341 e. The summed E-state index contributed by atoms with van der Waals surface area (Å²) in [6.07, 6.45) is -0.153. The zero-order valence-electron chi connectivity index (χ0n) is 14.0. The molecule has 0 heterocycles. The molecule has 0 spiro atoms. The maximum absolute atomic E-state index is 12.3. The number of hydrogen-bond donors (Lipinski definition) is 2. The Kier molecular flexibility index (Phi) is 6.23. The second-order valence-electron chi connectivity index (χ2n) is 5.44. The molecule has 2 aromatic rings. The fourth-order valence-electron chi connectivity index (χ4n) is 2.02. The molecule has 0 aliphatic carbocycles. The predicted molar refractivity (Wildman–Crippen MR) is 99.9 cm³/mol. The molecule has 1 amide bonds. The minimum Gasteiger partial charge on any atom is -0.449 e. The number of carbonyl (C=O) groups is 2. The lowest BCUT2D eigenvalue weighted by Crippen LogP contribution is -2.30. The van der Waals surface area contributed by atoms with Crippen LogP contribution in [0.15, 0.2) is 48.5 Å². The number of nitrogens with one attached hydrogen (secondary N) is 2. The first-order chi connectivity index (χ1) is 12.2. The number of amides is 1. The third-order valence-electron chi connectivity index (χ3n) is 3.23. The summed E-state index contributed by atoms with van der Waals surface area (Å²) in [4.78, 5) is 24.5. The maximum Gasteiger partial charge on any atom is 0.341 e. The van der Waals surface area contributed by atoms with Crippen molar-refractivity contribution in [2.75, 3.05) is 16.3 Å². The van der Waals surface area contributed by atoms with Crippen molar-refractivity contribution >= 4 is 44.9 Å². The van der Waals surface area contributed by atoms with E-state index in [0.717, 1.165) is 6.26 Å². The minimum absolute atomic E-state index is 0.00433. The summed E-state index contributed by atoms with van der Waals surface area (Å²) in [6, 6.07) is 12.6. The Bertz CT molecular complexity index is 930. The number of rotatable bonds is 6. The quantitative estimate of drug-likeness (QED) is 0.731. The number of ether oxygens (including phenoxy) is 1. The van der Waals surface area contributed by atoms with Crippen molar-refractivity contribution in [2.45, 2.75) is 13.0 Å². The second-order valence-corrected chi connectivity index (χ2v) is 7.59. The van der Waals surface area contributed by atoms with E-state index in [0.29, 0.717) is 10.7 Å². The van der Waals surface area contributed by atoms with Crippen LogP contribution >= 0.6 is 11.6 Å². The largest absolute Gasteiger partial charge is 0.449 e. The van der Waals surface area contributed by atoms with Crippen molar-refractivity contribution in [2.24, 2.45) is 0 Å². The van der Waals surface area contributed by atoms with E-state index in [1.165, 1.54) is 19.1 Å². The zero-order chi connectivity index (χ0) is 19.3. The van der Waals surface area contributed by atoms with E-state index < -0.39 is 28.0 Å². The Hall–Kier alpha value is -2.58. The normalized spacial score (nSPS) is 12.1. The van der Waals surface area contributed by atoms with Gasteiger partial charge >= 0.3 is 5.97 Å². The van der Waals surface area contributed by atoms with Gasteiger partial charge in [0.15, 0.2) is 6.10 Å². The average molecular weight is 397 g/mol. The maximum atomic E-state index is 12.3.